The molecule has 1 heterocycles. The lowest BCUT2D eigenvalue weighted by molar-refractivity contribution is 0.680. The summed E-state index contributed by atoms with van der Waals surface area (Å²) in [6.07, 6.45) is 3.58. The normalized spacial score (nSPS) is 10.7. The van der Waals surface area contributed by atoms with E-state index in [9.17, 15) is 0 Å². The Bertz CT molecular complexity index is 320. The quantitative estimate of drug-likeness (QED) is 0.566. The molecule has 0 fully saturated rings. The first-order valence-electron chi connectivity index (χ1n) is 3.78. The molecule has 0 atom stereocenters. The van der Waals surface area contributed by atoms with Crippen LogP contribution in [0.1, 0.15) is 19.4 Å². The molecule has 0 bridgehead atoms. The number of aryl methyl sites for hydroxylation is 1. The van der Waals surface area contributed by atoms with Gasteiger partial charge in [-0.3, -0.25) is 4.68 Å². The second-order valence-electron chi connectivity index (χ2n) is 3.37. The van der Waals surface area contributed by atoms with E-state index in [1.54, 1.807) is 10.9 Å². The predicted octanol–water partition coefficient (Wildman–Crippen LogP) is 0.509. The molecule has 0 unspecified atom stereocenters. The van der Waals surface area contributed by atoms with E-state index in [1.165, 1.54) is 0 Å². The van der Waals surface area contributed by atoms with E-state index in [0.717, 1.165) is 5.56 Å². The van der Waals surface area contributed by atoms with Gasteiger partial charge in [-0.05, 0) is 13.8 Å². The van der Waals surface area contributed by atoms with Gasteiger partial charge in [-0.2, -0.15) is 5.10 Å². The SMILES string of the molecule is Cn1cc(C#CC(C)(C)N)cn1. The molecule has 0 saturated heterocycles. The second kappa shape index (κ2) is 3.00. The maximum absolute atomic E-state index is 5.69. The third-order valence-corrected chi connectivity index (χ3v) is 1.23. The summed E-state index contributed by atoms with van der Waals surface area (Å²) >= 11 is 0. The third kappa shape index (κ3) is 2.77. The van der Waals surface area contributed by atoms with Crippen LogP contribution in [-0.4, -0.2) is 15.3 Å². The summed E-state index contributed by atoms with van der Waals surface area (Å²) in [4.78, 5) is 0. The average Bonchev–Trinajstić information content (AvgIpc) is 2.30. The number of nitrogens with zero attached hydrogens (tertiary/aromatic N) is 2. The van der Waals surface area contributed by atoms with Crippen molar-refractivity contribution in [2.45, 2.75) is 19.4 Å². The van der Waals surface area contributed by atoms with Crippen molar-refractivity contribution < 1.29 is 0 Å². The molecule has 3 nitrogen and oxygen atoms in total. The molecule has 64 valence electrons. The Morgan fingerprint density at radius 3 is 2.67 bits per heavy atom. The molecule has 3 heteroatoms. The van der Waals surface area contributed by atoms with Crippen molar-refractivity contribution in [2.24, 2.45) is 12.8 Å². The third-order valence-electron chi connectivity index (χ3n) is 1.23. The molecule has 2 N–H and O–H groups in total. The van der Waals surface area contributed by atoms with Gasteiger partial charge in [-0.25, -0.2) is 0 Å². The van der Waals surface area contributed by atoms with Crippen molar-refractivity contribution in [2.75, 3.05) is 0 Å². The van der Waals surface area contributed by atoms with Crippen LogP contribution in [0.5, 0.6) is 0 Å². The Hall–Kier alpha value is -1.27. The van der Waals surface area contributed by atoms with Crippen molar-refractivity contribution in [1.82, 2.24) is 9.78 Å². The highest BCUT2D eigenvalue weighted by molar-refractivity contribution is 5.32. The lowest BCUT2D eigenvalue weighted by atomic mass is 10.1. The van der Waals surface area contributed by atoms with E-state index in [1.807, 2.05) is 27.1 Å². The van der Waals surface area contributed by atoms with Crippen LogP contribution >= 0.6 is 0 Å². The number of hydrogen-bond donors (Lipinski definition) is 1. The van der Waals surface area contributed by atoms with Crippen LogP contribution in [-0.2, 0) is 7.05 Å². The number of hydrogen-bond acceptors (Lipinski definition) is 2. The van der Waals surface area contributed by atoms with Gasteiger partial charge in [0.2, 0.25) is 0 Å². The first kappa shape index (κ1) is 8.82. The predicted molar refractivity (Wildman–Crippen MR) is 48.4 cm³/mol. The summed E-state index contributed by atoms with van der Waals surface area (Å²) in [6.45, 7) is 3.74. The van der Waals surface area contributed by atoms with E-state index in [2.05, 4.69) is 16.9 Å². The molecular weight excluding hydrogens is 150 g/mol. The number of rotatable bonds is 0. The molecule has 0 amide bonds. The minimum atomic E-state index is -0.435. The van der Waals surface area contributed by atoms with E-state index in [0.29, 0.717) is 0 Å². The fraction of sp³-hybridized carbons (Fsp3) is 0.444. The average molecular weight is 163 g/mol. The summed E-state index contributed by atoms with van der Waals surface area (Å²) in [5.74, 6) is 5.87. The van der Waals surface area contributed by atoms with Crippen molar-refractivity contribution >= 4 is 0 Å². The van der Waals surface area contributed by atoms with Gasteiger partial charge in [0, 0.05) is 13.2 Å². The topological polar surface area (TPSA) is 43.8 Å². The van der Waals surface area contributed by atoms with Gasteiger partial charge in [0.1, 0.15) is 0 Å². The Labute approximate surface area is 72.6 Å². The molecule has 1 aromatic rings. The minimum absolute atomic E-state index is 0.435. The van der Waals surface area contributed by atoms with Gasteiger partial charge in [0.25, 0.3) is 0 Å². The first-order chi connectivity index (χ1) is 5.47. The highest BCUT2D eigenvalue weighted by Gasteiger charge is 2.03. The van der Waals surface area contributed by atoms with E-state index < -0.39 is 5.54 Å². The van der Waals surface area contributed by atoms with E-state index >= 15 is 0 Å². The lowest BCUT2D eigenvalue weighted by Gasteiger charge is -2.06. The van der Waals surface area contributed by atoms with Gasteiger partial charge >= 0.3 is 0 Å². The molecule has 0 radical (unpaired) electrons. The molecule has 1 rings (SSSR count). The van der Waals surface area contributed by atoms with Crippen LogP contribution < -0.4 is 5.73 Å². The second-order valence-corrected chi connectivity index (χ2v) is 3.37. The highest BCUT2D eigenvalue weighted by Crippen LogP contribution is 1.96. The number of aromatic nitrogens is 2. The van der Waals surface area contributed by atoms with Crippen LogP contribution in [0.15, 0.2) is 12.4 Å². The smallest absolute Gasteiger partial charge is 0.0722 e. The largest absolute Gasteiger partial charge is 0.316 e. The van der Waals surface area contributed by atoms with Gasteiger partial charge in [0.05, 0.1) is 17.3 Å². The van der Waals surface area contributed by atoms with Crippen LogP contribution in [0.4, 0.5) is 0 Å². The molecule has 12 heavy (non-hydrogen) atoms. The Morgan fingerprint density at radius 1 is 1.58 bits per heavy atom. The van der Waals surface area contributed by atoms with Crippen LogP contribution in [0.3, 0.4) is 0 Å². The maximum Gasteiger partial charge on any atom is 0.0722 e. The zero-order chi connectivity index (χ0) is 9.19. The molecule has 0 aliphatic carbocycles. The Kier molecular flexibility index (Phi) is 2.20. The molecule has 0 aliphatic heterocycles. The summed E-state index contributed by atoms with van der Waals surface area (Å²) in [6, 6.07) is 0. The van der Waals surface area contributed by atoms with Crippen molar-refractivity contribution in [1.29, 1.82) is 0 Å². The number of nitrogens with two attached hydrogens (primary N) is 1. The molecule has 0 aliphatic rings. The summed E-state index contributed by atoms with van der Waals surface area (Å²) < 4.78 is 1.72. The van der Waals surface area contributed by atoms with Crippen molar-refractivity contribution in [3.05, 3.63) is 18.0 Å². The Morgan fingerprint density at radius 2 is 2.25 bits per heavy atom. The minimum Gasteiger partial charge on any atom is -0.316 e. The zero-order valence-electron chi connectivity index (χ0n) is 7.63. The zero-order valence-corrected chi connectivity index (χ0v) is 7.63. The standard InChI is InChI=1S/C9H13N3/c1-9(2,10)5-4-8-6-11-12(3)7-8/h6-7H,10H2,1-3H3. The summed E-state index contributed by atoms with van der Waals surface area (Å²) in [5.41, 5.74) is 6.15. The van der Waals surface area contributed by atoms with Crippen LogP contribution in [0.25, 0.3) is 0 Å². The highest BCUT2D eigenvalue weighted by atomic mass is 15.2. The molecule has 1 aromatic heterocycles. The first-order valence-corrected chi connectivity index (χ1v) is 3.78. The molecule has 0 aromatic carbocycles. The molecule has 0 saturated carbocycles. The van der Waals surface area contributed by atoms with E-state index in [4.69, 9.17) is 5.73 Å². The van der Waals surface area contributed by atoms with Gasteiger partial charge in [-0.15, -0.1) is 0 Å². The fourth-order valence-corrected chi connectivity index (χ4v) is 0.719. The Balaban J connectivity index is 2.80. The van der Waals surface area contributed by atoms with E-state index in [-0.39, 0.29) is 0 Å². The van der Waals surface area contributed by atoms with Crippen LogP contribution in [0, 0.1) is 11.8 Å². The monoisotopic (exact) mass is 163 g/mol. The fourth-order valence-electron chi connectivity index (χ4n) is 0.719. The maximum atomic E-state index is 5.69. The van der Waals surface area contributed by atoms with Crippen LogP contribution in [0.2, 0.25) is 0 Å². The van der Waals surface area contributed by atoms with Gasteiger partial charge in [0.15, 0.2) is 0 Å². The summed E-state index contributed by atoms with van der Waals surface area (Å²) in [7, 11) is 1.86. The van der Waals surface area contributed by atoms with Gasteiger partial charge < -0.3 is 5.73 Å². The van der Waals surface area contributed by atoms with Gasteiger partial charge in [-0.1, -0.05) is 11.8 Å². The molecular formula is C9H13N3. The van der Waals surface area contributed by atoms with Crippen molar-refractivity contribution in [3.63, 3.8) is 0 Å². The lowest BCUT2D eigenvalue weighted by Crippen LogP contribution is -2.29. The molecule has 0 spiro atoms. The summed E-state index contributed by atoms with van der Waals surface area (Å²) in [5, 5.41) is 3.99. The van der Waals surface area contributed by atoms with Crippen molar-refractivity contribution in [3.8, 4) is 11.8 Å².